The van der Waals surface area contributed by atoms with Crippen LogP contribution in [0, 0.1) is 5.92 Å². The highest BCUT2D eigenvalue weighted by Crippen LogP contribution is 2.48. The van der Waals surface area contributed by atoms with Crippen molar-refractivity contribution in [3.8, 4) is 11.5 Å². The molecule has 2 fully saturated rings. The van der Waals surface area contributed by atoms with Gasteiger partial charge in [-0.25, -0.2) is 0 Å². The Labute approximate surface area is 129 Å². The molecule has 1 saturated carbocycles. The molecule has 0 bridgehead atoms. The topological polar surface area (TPSA) is 47.9 Å². The summed E-state index contributed by atoms with van der Waals surface area (Å²) in [5.74, 6) is 1.42. The van der Waals surface area contributed by atoms with E-state index in [0.29, 0.717) is 16.5 Å². The Morgan fingerprint density at radius 3 is 2.90 bits per heavy atom. The maximum atomic E-state index is 10.7. The first-order valence-electron chi connectivity index (χ1n) is 7.58. The van der Waals surface area contributed by atoms with E-state index in [2.05, 4.69) is 0 Å². The average Bonchev–Trinajstić information content (AvgIpc) is 2.94. The highest BCUT2D eigenvalue weighted by Gasteiger charge is 2.44. The van der Waals surface area contributed by atoms with Crippen LogP contribution in [-0.4, -0.2) is 24.1 Å². The van der Waals surface area contributed by atoms with Crippen molar-refractivity contribution in [2.24, 2.45) is 5.92 Å². The second-order valence-electron chi connectivity index (χ2n) is 6.32. The third-order valence-electron chi connectivity index (χ3n) is 5.03. The molecule has 3 aliphatic rings. The van der Waals surface area contributed by atoms with Crippen LogP contribution >= 0.6 is 11.6 Å². The van der Waals surface area contributed by atoms with Crippen molar-refractivity contribution in [2.45, 2.75) is 43.8 Å². The number of halogens is 1. The minimum absolute atomic E-state index is 0.0318. The van der Waals surface area contributed by atoms with Crippen molar-refractivity contribution in [1.82, 2.24) is 0 Å². The Balaban J connectivity index is 1.57. The molecule has 1 aromatic carbocycles. The summed E-state index contributed by atoms with van der Waals surface area (Å²) in [4.78, 5) is 0. The van der Waals surface area contributed by atoms with E-state index in [1.807, 2.05) is 6.07 Å². The van der Waals surface area contributed by atoms with E-state index in [1.54, 1.807) is 6.07 Å². The molecule has 114 valence electrons. The molecule has 2 atom stereocenters. The highest BCUT2D eigenvalue weighted by atomic mass is 35.5. The molecule has 2 heterocycles. The Hall–Kier alpha value is -0.970. The first-order chi connectivity index (χ1) is 10.2. The Bertz CT molecular complexity index is 555. The summed E-state index contributed by atoms with van der Waals surface area (Å²) < 4.78 is 16.6. The number of ether oxygens (including phenoxy) is 3. The lowest BCUT2D eigenvalue weighted by Crippen LogP contribution is -2.46. The van der Waals surface area contributed by atoms with Gasteiger partial charge in [0.2, 0.25) is 6.79 Å². The summed E-state index contributed by atoms with van der Waals surface area (Å²) in [6.07, 6.45) is 4.77. The molecule has 1 spiro atoms. The number of fused-ring (bicyclic) bond motifs is 1. The second-order valence-corrected chi connectivity index (χ2v) is 6.73. The van der Waals surface area contributed by atoms with Crippen LogP contribution in [0.25, 0.3) is 0 Å². The summed E-state index contributed by atoms with van der Waals surface area (Å²) >= 11 is 6.21. The van der Waals surface area contributed by atoms with Crippen molar-refractivity contribution in [3.63, 3.8) is 0 Å². The van der Waals surface area contributed by atoms with Gasteiger partial charge in [-0.2, -0.15) is 0 Å². The lowest BCUT2D eigenvalue weighted by Gasteiger charge is -2.48. The second kappa shape index (κ2) is 5.04. The fourth-order valence-electron chi connectivity index (χ4n) is 3.68. The molecule has 5 heteroatoms. The SMILES string of the molecule is OC(c1cc(Cl)c2c(c1)OCO2)C1CCOC2(CCC2)C1. The summed E-state index contributed by atoms with van der Waals surface area (Å²) in [7, 11) is 0. The number of hydrogen-bond acceptors (Lipinski definition) is 4. The normalized spacial score (nSPS) is 27.4. The summed E-state index contributed by atoms with van der Waals surface area (Å²) in [5, 5.41) is 11.2. The number of benzene rings is 1. The molecule has 21 heavy (non-hydrogen) atoms. The molecular formula is C16H19ClO4. The summed E-state index contributed by atoms with van der Waals surface area (Å²) in [6, 6.07) is 3.64. The number of aliphatic hydroxyl groups excluding tert-OH is 1. The van der Waals surface area contributed by atoms with E-state index in [4.69, 9.17) is 25.8 Å². The van der Waals surface area contributed by atoms with E-state index >= 15 is 0 Å². The standard InChI is InChI=1S/C16H19ClO4/c17-12-6-11(7-13-15(12)20-9-19-13)14(18)10-2-5-21-16(8-10)3-1-4-16/h6-7,10,14,18H,1-5,8-9H2. The third-order valence-corrected chi connectivity index (χ3v) is 5.31. The highest BCUT2D eigenvalue weighted by molar-refractivity contribution is 6.32. The quantitative estimate of drug-likeness (QED) is 0.909. The molecule has 1 aliphatic carbocycles. The van der Waals surface area contributed by atoms with Gasteiger partial charge in [0, 0.05) is 6.61 Å². The van der Waals surface area contributed by atoms with Crippen molar-refractivity contribution >= 4 is 11.6 Å². The van der Waals surface area contributed by atoms with Gasteiger partial charge in [-0.1, -0.05) is 11.6 Å². The summed E-state index contributed by atoms with van der Waals surface area (Å²) in [6.45, 7) is 0.926. The van der Waals surface area contributed by atoms with Crippen LogP contribution in [-0.2, 0) is 4.74 Å². The van der Waals surface area contributed by atoms with Gasteiger partial charge in [-0.05, 0) is 55.7 Å². The Morgan fingerprint density at radius 1 is 1.29 bits per heavy atom. The summed E-state index contributed by atoms with van der Waals surface area (Å²) in [5.41, 5.74) is 0.843. The molecule has 2 unspecified atom stereocenters. The van der Waals surface area contributed by atoms with Gasteiger partial charge in [0.15, 0.2) is 11.5 Å². The molecule has 4 nitrogen and oxygen atoms in total. The van der Waals surface area contributed by atoms with Crippen LogP contribution in [0.15, 0.2) is 12.1 Å². The predicted molar refractivity (Wildman–Crippen MR) is 77.8 cm³/mol. The Morgan fingerprint density at radius 2 is 2.14 bits per heavy atom. The first-order valence-corrected chi connectivity index (χ1v) is 7.96. The van der Waals surface area contributed by atoms with E-state index in [0.717, 1.165) is 37.9 Å². The molecule has 0 amide bonds. The van der Waals surface area contributed by atoms with Crippen molar-refractivity contribution < 1.29 is 19.3 Å². The van der Waals surface area contributed by atoms with Crippen LogP contribution in [0.2, 0.25) is 5.02 Å². The van der Waals surface area contributed by atoms with Gasteiger partial charge in [-0.3, -0.25) is 0 Å². The zero-order chi connectivity index (χ0) is 14.4. The van der Waals surface area contributed by atoms with E-state index in [-0.39, 0.29) is 18.3 Å². The minimum atomic E-state index is -0.529. The smallest absolute Gasteiger partial charge is 0.231 e. The van der Waals surface area contributed by atoms with Gasteiger partial charge < -0.3 is 19.3 Å². The molecule has 1 N–H and O–H groups in total. The maximum absolute atomic E-state index is 10.7. The molecule has 0 aromatic heterocycles. The van der Waals surface area contributed by atoms with Crippen LogP contribution in [0.4, 0.5) is 0 Å². The van der Waals surface area contributed by atoms with Gasteiger partial charge in [0.05, 0.1) is 16.7 Å². The minimum Gasteiger partial charge on any atom is -0.454 e. The molecular weight excluding hydrogens is 292 g/mol. The van der Waals surface area contributed by atoms with Crippen molar-refractivity contribution in [3.05, 3.63) is 22.7 Å². The molecule has 4 rings (SSSR count). The zero-order valence-corrected chi connectivity index (χ0v) is 12.6. The number of aliphatic hydroxyl groups is 1. The van der Waals surface area contributed by atoms with Crippen LogP contribution in [0.1, 0.15) is 43.8 Å². The lowest BCUT2D eigenvalue weighted by atomic mass is 9.70. The van der Waals surface area contributed by atoms with Crippen LogP contribution in [0.3, 0.4) is 0 Å². The molecule has 1 saturated heterocycles. The van der Waals surface area contributed by atoms with Gasteiger partial charge in [-0.15, -0.1) is 0 Å². The van der Waals surface area contributed by atoms with Crippen LogP contribution in [0.5, 0.6) is 11.5 Å². The predicted octanol–water partition coefficient (Wildman–Crippen LogP) is 3.45. The van der Waals surface area contributed by atoms with Gasteiger partial charge in [0.1, 0.15) is 0 Å². The Kier molecular flexibility index (Phi) is 3.28. The van der Waals surface area contributed by atoms with Gasteiger partial charge in [0.25, 0.3) is 0 Å². The maximum Gasteiger partial charge on any atom is 0.231 e. The lowest BCUT2D eigenvalue weighted by molar-refractivity contribution is -0.157. The van der Waals surface area contributed by atoms with Crippen LogP contribution < -0.4 is 9.47 Å². The van der Waals surface area contributed by atoms with Crippen molar-refractivity contribution in [1.29, 1.82) is 0 Å². The van der Waals surface area contributed by atoms with Gasteiger partial charge >= 0.3 is 0 Å². The fraction of sp³-hybridized carbons (Fsp3) is 0.625. The van der Waals surface area contributed by atoms with Crippen molar-refractivity contribution in [2.75, 3.05) is 13.4 Å². The molecule has 0 radical (unpaired) electrons. The van der Waals surface area contributed by atoms with E-state index in [1.165, 1.54) is 6.42 Å². The van der Waals surface area contributed by atoms with E-state index < -0.39 is 6.10 Å². The molecule has 2 aliphatic heterocycles. The average molecular weight is 311 g/mol. The number of hydrogen-bond donors (Lipinski definition) is 1. The fourth-order valence-corrected chi connectivity index (χ4v) is 3.96. The largest absolute Gasteiger partial charge is 0.454 e. The zero-order valence-electron chi connectivity index (χ0n) is 11.8. The number of rotatable bonds is 2. The van der Waals surface area contributed by atoms with E-state index in [9.17, 15) is 5.11 Å². The first kappa shape index (κ1) is 13.7. The molecule has 1 aromatic rings. The third kappa shape index (κ3) is 2.30. The monoisotopic (exact) mass is 310 g/mol.